The number of rotatable bonds is 2. The summed E-state index contributed by atoms with van der Waals surface area (Å²) in [5, 5.41) is 6.65. The predicted octanol–water partition coefficient (Wildman–Crippen LogP) is 2.34. The van der Waals surface area contributed by atoms with Gasteiger partial charge in [0.25, 0.3) is 0 Å². The number of amides is 1. The van der Waals surface area contributed by atoms with Gasteiger partial charge in [0.1, 0.15) is 0 Å². The van der Waals surface area contributed by atoms with Gasteiger partial charge in [-0.1, -0.05) is 13.8 Å². The lowest BCUT2D eigenvalue weighted by Gasteiger charge is -2.04. The summed E-state index contributed by atoms with van der Waals surface area (Å²) in [4.78, 5) is 11.1. The predicted molar refractivity (Wildman–Crippen MR) is 47.8 cm³/mol. The van der Waals surface area contributed by atoms with E-state index in [-0.39, 0.29) is 11.8 Å². The molecule has 1 aromatic heterocycles. The lowest BCUT2D eigenvalue weighted by molar-refractivity contribution is -0.118. The lowest BCUT2D eigenvalue weighted by Crippen LogP contribution is -2.17. The molecule has 1 N–H and O–H groups in total. The molecule has 0 unspecified atom stereocenters. The first-order valence-corrected chi connectivity index (χ1v) is 4.47. The topological polar surface area (TPSA) is 29.1 Å². The first kappa shape index (κ1) is 8.27. The van der Waals surface area contributed by atoms with E-state index < -0.39 is 0 Å². The fourth-order valence-electron chi connectivity index (χ4n) is 0.622. The van der Waals surface area contributed by atoms with Crippen molar-refractivity contribution in [2.75, 3.05) is 5.32 Å². The second kappa shape index (κ2) is 3.53. The van der Waals surface area contributed by atoms with Crippen molar-refractivity contribution in [3.63, 3.8) is 0 Å². The molecule has 0 aliphatic carbocycles. The standard InChI is InChI=1S/C8H11NOS/c1-6(2)8(10)9-7-3-4-11-5-7/h3-6H,1-2H3,(H,9,10). The number of hydrogen-bond donors (Lipinski definition) is 1. The molecule has 3 heteroatoms. The molecule has 0 fully saturated rings. The molecule has 0 saturated carbocycles. The third-order valence-corrected chi connectivity index (χ3v) is 2.00. The summed E-state index contributed by atoms with van der Waals surface area (Å²) in [7, 11) is 0. The Balaban J connectivity index is 2.50. The molecule has 1 rings (SSSR count). The van der Waals surface area contributed by atoms with Gasteiger partial charge in [0.2, 0.25) is 5.91 Å². The Bertz CT molecular complexity index is 228. The Morgan fingerprint density at radius 3 is 2.82 bits per heavy atom. The third-order valence-electron chi connectivity index (χ3n) is 1.31. The van der Waals surface area contributed by atoms with E-state index >= 15 is 0 Å². The van der Waals surface area contributed by atoms with Crippen LogP contribution in [0.25, 0.3) is 0 Å². The molecular weight excluding hydrogens is 158 g/mol. The third kappa shape index (κ3) is 2.35. The summed E-state index contributed by atoms with van der Waals surface area (Å²) < 4.78 is 0. The maximum Gasteiger partial charge on any atom is 0.226 e. The van der Waals surface area contributed by atoms with Crippen LogP contribution in [0.1, 0.15) is 13.8 Å². The normalized spacial score (nSPS) is 10.1. The molecule has 0 aliphatic rings. The van der Waals surface area contributed by atoms with Crippen LogP contribution in [0, 0.1) is 5.92 Å². The van der Waals surface area contributed by atoms with Crippen LogP contribution in [0.4, 0.5) is 5.69 Å². The van der Waals surface area contributed by atoms with Crippen molar-refractivity contribution < 1.29 is 4.79 Å². The monoisotopic (exact) mass is 169 g/mol. The molecule has 0 atom stereocenters. The summed E-state index contributed by atoms with van der Waals surface area (Å²) >= 11 is 1.58. The van der Waals surface area contributed by atoms with Crippen molar-refractivity contribution >= 4 is 22.9 Å². The number of carbonyl (C=O) groups is 1. The van der Waals surface area contributed by atoms with Crippen LogP contribution in [0.2, 0.25) is 0 Å². The van der Waals surface area contributed by atoms with E-state index in [0.717, 1.165) is 5.69 Å². The summed E-state index contributed by atoms with van der Waals surface area (Å²) in [6.07, 6.45) is 0. The lowest BCUT2D eigenvalue weighted by atomic mass is 10.2. The average Bonchev–Trinajstić information content (AvgIpc) is 2.39. The van der Waals surface area contributed by atoms with Gasteiger partial charge in [0.05, 0.1) is 5.69 Å². The largest absolute Gasteiger partial charge is 0.325 e. The van der Waals surface area contributed by atoms with Crippen molar-refractivity contribution in [3.8, 4) is 0 Å². The van der Waals surface area contributed by atoms with Crippen LogP contribution < -0.4 is 5.32 Å². The van der Waals surface area contributed by atoms with Gasteiger partial charge in [-0.05, 0) is 11.4 Å². The first-order valence-electron chi connectivity index (χ1n) is 3.53. The van der Waals surface area contributed by atoms with Gasteiger partial charge in [-0.3, -0.25) is 4.79 Å². The van der Waals surface area contributed by atoms with E-state index in [1.54, 1.807) is 11.3 Å². The second-order valence-electron chi connectivity index (χ2n) is 2.66. The molecule has 0 radical (unpaired) electrons. The Hall–Kier alpha value is -0.830. The summed E-state index contributed by atoms with van der Waals surface area (Å²) in [5.41, 5.74) is 0.897. The van der Waals surface area contributed by atoms with Crippen LogP contribution >= 0.6 is 11.3 Å². The van der Waals surface area contributed by atoms with Crippen LogP contribution in [0.5, 0.6) is 0 Å². The molecule has 0 aliphatic heterocycles. The number of nitrogens with one attached hydrogen (secondary N) is 1. The number of carbonyl (C=O) groups excluding carboxylic acids is 1. The minimum atomic E-state index is 0.0508. The molecule has 0 bridgehead atoms. The van der Waals surface area contributed by atoms with Crippen LogP contribution in [0.15, 0.2) is 16.8 Å². The smallest absolute Gasteiger partial charge is 0.226 e. The maximum absolute atomic E-state index is 11.1. The van der Waals surface area contributed by atoms with Gasteiger partial charge in [-0.15, -0.1) is 0 Å². The summed E-state index contributed by atoms with van der Waals surface area (Å²) in [5.74, 6) is 0.123. The summed E-state index contributed by atoms with van der Waals surface area (Å²) in [6.45, 7) is 3.75. The molecule has 60 valence electrons. The van der Waals surface area contributed by atoms with E-state index in [0.29, 0.717) is 0 Å². The van der Waals surface area contributed by atoms with E-state index in [4.69, 9.17) is 0 Å². The fourth-order valence-corrected chi connectivity index (χ4v) is 1.21. The fraction of sp³-hybridized carbons (Fsp3) is 0.375. The van der Waals surface area contributed by atoms with Crippen molar-refractivity contribution in [2.45, 2.75) is 13.8 Å². The molecule has 1 heterocycles. The van der Waals surface area contributed by atoms with Crippen LogP contribution in [-0.2, 0) is 4.79 Å². The van der Waals surface area contributed by atoms with Crippen LogP contribution in [-0.4, -0.2) is 5.91 Å². The Labute approximate surface area is 70.2 Å². The molecule has 11 heavy (non-hydrogen) atoms. The van der Waals surface area contributed by atoms with Crippen molar-refractivity contribution in [1.29, 1.82) is 0 Å². The average molecular weight is 169 g/mol. The molecule has 0 aromatic carbocycles. The molecule has 2 nitrogen and oxygen atoms in total. The maximum atomic E-state index is 11.1. The molecule has 1 amide bonds. The summed E-state index contributed by atoms with van der Waals surface area (Å²) in [6, 6.07) is 1.89. The van der Waals surface area contributed by atoms with Gasteiger partial charge in [-0.25, -0.2) is 0 Å². The van der Waals surface area contributed by atoms with Crippen molar-refractivity contribution in [2.24, 2.45) is 5.92 Å². The van der Waals surface area contributed by atoms with E-state index in [9.17, 15) is 4.79 Å². The Kier molecular flexibility index (Phi) is 2.65. The van der Waals surface area contributed by atoms with E-state index in [2.05, 4.69) is 5.32 Å². The SMILES string of the molecule is CC(C)C(=O)Nc1ccsc1. The Morgan fingerprint density at radius 1 is 1.64 bits per heavy atom. The minimum absolute atomic E-state index is 0.0508. The first-order chi connectivity index (χ1) is 5.20. The zero-order chi connectivity index (χ0) is 8.27. The van der Waals surface area contributed by atoms with Crippen LogP contribution in [0.3, 0.4) is 0 Å². The number of thiophene rings is 1. The quantitative estimate of drug-likeness (QED) is 0.723. The van der Waals surface area contributed by atoms with Gasteiger partial charge in [0, 0.05) is 11.3 Å². The highest BCUT2D eigenvalue weighted by atomic mass is 32.1. The molecule has 0 spiro atoms. The highest BCUT2D eigenvalue weighted by molar-refractivity contribution is 7.08. The minimum Gasteiger partial charge on any atom is -0.325 e. The second-order valence-corrected chi connectivity index (χ2v) is 3.44. The molecular formula is C8H11NOS. The zero-order valence-electron chi connectivity index (χ0n) is 6.63. The van der Waals surface area contributed by atoms with E-state index in [1.807, 2.05) is 30.7 Å². The number of hydrogen-bond acceptors (Lipinski definition) is 2. The van der Waals surface area contributed by atoms with Gasteiger partial charge >= 0.3 is 0 Å². The number of anilines is 1. The molecule has 1 aromatic rings. The highest BCUT2D eigenvalue weighted by Gasteiger charge is 2.05. The van der Waals surface area contributed by atoms with Crippen molar-refractivity contribution in [1.82, 2.24) is 0 Å². The molecule has 0 saturated heterocycles. The van der Waals surface area contributed by atoms with Crippen molar-refractivity contribution in [3.05, 3.63) is 16.8 Å². The zero-order valence-corrected chi connectivity index (χ0v) is 7.44. The van der Waals surface area contributed by atoms with Gasteiger partial charge < -0.3 is 5.32 Å². The van der Waals surface area contributed by atoms with Gasteiger partial charge in [0.15, 0.2) is 0 Å². The Morgan fingerprint density at radius 2 is 2.36 bits per heavy atom. The highest BCUT2D eigenvalue weighted by Crippen LogP contribution is 2.12. The van der Waals surface area contributed by atoms with E-state index in [1.165, 1.54) is 0 Å². The van der Waals surface area contributed by atoms with Gasteiger partial charge in [-0.2, -0.15) is 11.3 Å².